The molecule has 2 aromatic rings. The minimum atomic E-state index is 0. The summed E-state index contributed by atoms with van der Waals surface area (Å²) in [4.78, 5) is 0. The second-order valence-corrected chi connectivity index (χ2v) is 5.57. The maximum atomic E-state index is 5.98. The lowest BCUT2D eigenvalue weighted by molar-refractivity contribution is 0.309. The van der Waals surface area contributed by atoms with Gasteiger partial charge in [-0.05, 0) is 48.6 Å². The van der Waals surface area contributed by atoms with Crippen LogP contribution >= 0.6 is 12.4 Å². The van der Waals surface area contributed by atoms with Gasteiger partial charge >= 0.3 is 0 Å². The number of benzene rings is 2. The lowest BCUT2D eigenvalue weighted by Crippen LogP contribution is -2.18. The van der Waals surface area contributed by atoms with E-state index in [9.17, 15) is 0 Å². The molecule has 2 aromatic carbocycles. The third-order valence-corrected chi connectivity index (χ3v) is 3.47. The maximum Gasteiger partial charge on any atom is 0.119 e. The zero-order chi connectivity index (χ0) is 15.1. The Morgan fingerprint density at radius 2 is 1.82 bits per heavy atom. The number of hydrogen-bond acceptors (Lipinski definition) is 2. The van der Waals surface area contributed by atoms with Crippen LogP contribution in [0.3, 0.4) is 0 Å². The molecule has 120 valence electrons. The predicted octanol–water partition coefficient (Wildman–Crippen LogP) is 4.84. The quantitative estimate of drug-likeness (QED) is 0.741. The molecule has 0 heterocycles. The zero-order valence-electron chi connectivity index (χ0n) is 13.4. The highest BCUT2D eigenvalue weighted by Crippen LogP contribution is 2.29. The molecule has 0 aliphatic carbocycles. The maximum absolute atomic E-state index is 5.98. The minimum absolute atomic E-state index is 0. The normalized spacial score (nSPS) is 11.6. The lowest BCUT2D eigenvalue weighted by Gasteiger charge is -2.14. The van der Waals surface area contributed by atoms with Crippen molar-refractivity contribution in [2.45, 2.75) is 39.2 Å². The highest BCUT2D eigenvalue weighted by atomic mass is 35.5. The smallest absolute Gasteiger partial charge is 0.119 e. The van der Waals surface area contributed by atoms with Crippen LogP contribution in [-0.2, 0) is 6.42 Å². The highest BCUT2D eigenvalue weighted by Gasteiger charge is 2.09. The number of rotatable bonds is 7. The van der Waals surface area contributed by atoms with Crippen LogP contribution < -0.4 is 10.5 Å². The Balaban J connectivity index is 0.00000242. The SMILES string of the molecule is CCCCOc1ccc(CC(C)N)c(-c2ccccc2)c1.Cl. The molecular formula is C19H26ClNO. The van der Waals surface area contributed by atoms with Gasteiger partial charge in [0.05, 0.1) is 6.61 Å². The van der Waals surface area contributed by atoms with Crippen LogP contribution in [0.1, 0.15) is 32.3 Å². The molecule has 1 atom stereocenters. The van der Waals surface area contributed by atoms with Gasteiger partial charge in [0.2, 0.25) is 0 Å². The van der Waals surface area contributed by atoms with Gasteiger partial charge in [-0.2, -0.15) is 0 Å². The van der Waals surface area contributed by atoms with Crippen LogP contribution in [0.5, 0.6) is 5.75 Å². The van der Waals surface area contributed by atoms with Crippen molar-refractivity contribution in [3.8, 4) is 16.9 Å². The number of nitrogens with two attached hydrogens (primary N) is 1. The fraction of sp³-hybridized carbons (Fsp3) is 0.368. The Morgan fingerprint density at radius 3 is 2.45 bits per heavy atom. The first-order valence-corrected chi connectivity index (χ1v) is 7.77. The first-order chi connectivity index (χ1) is 10.2. The van der Waals surface area contributed by atoms with Gasteiger partial charge in [-0.3, -0.25) is 0 Å². The van der Waals surface area contributed by atoms with E-state index in [1.807, 2.05) is 13.0 Å². The molecule has 1 unspecified atom stereocenters. The van der Waals surface area contributed by atoms with E-state index in [-0.39, 0.29) is 18.4 Å². The Morgan fingerprint density at radius 1 is 1.09 bits per heavy atom. The summed E-state index contributed by atoms with van der Waals surface area (Å²) >= 11 is 0. The molecule has 0 aliphatic rings. The van der Waals surface area contributed by atoms with Crippen LogP contribution in [0.2, 0.25) is 0 Å². The second-order valence-electron chi connectivity index (χ2n) is 5.57. The first-order valence-electron chi connectivity index (χ1n) is 7.77. The Hall–Kier alpha value is -1.51. The Labute approximate surface area is 140 Å². The minimum Gasteiger partial charge on any atom is -0.494 e. The van der Waals surface area contributed by atoms with E-state index in [1.165, 1.54) is 16.7 Å². The monoisotopic (exact) mass is 319 g/mol. The van der Waals surface area contributed by atoms with Crippen molar-refractivity contribution in [1.29, 1.82) is 0 Å². The van der Waals surface area contributed by atoms with Crippen molar-refractivity contribution in [3.05, 3.63) is 54.1 Å². The number of hydrogen-bond donors (Lipinski definition) is 1. The summed E-state index contributed by atoms with van der Waals surface area (Å²) in [5.74, 6) is 0.940. The van der Waals surface area contributed by atoms with E-state index in [0.717, 1.165) is 31.6 Å². The lowest BCUT2D eigenvalue weighted by atomic mass is 9.95. The molecule has 2 N–H and O–H groups in total. The molecule has 2 nitrogen and oxygen atoms in total. The van der Waals surface area contributed by atoms with E-state index in [2.05, 4.69) is 49.4 Å². The average molecular weight is 320 g/mol. The van der Waals surface area contributed by atoms with Gasteiger partial charge in [0, 0.05) is 6.04 Å². The molecule has 0 amide bonds. The van der Waals surface area contributed by atoms with Crippen LogP contribution in [0.25, 0.3) is 11.1 Å². The van der Waals surface area contributed by atoms with Gasteiger partial charge in [-0.25, -0.2) is 0 Å². The molecule has 2 rings (SSSR count). The van der Waals surface area contributed by atoms with Gasteiger partial charge in [0.25, 0.3) is 0 Å². The molecule has 0 fully saturated rings. The summed E-state index contributed by atoms with van der Waals surface area (Å²) in [6.45, 7) is 4.99. The van der Waals surface area contributed by atoms with Crippen molar-refractivity contribution >= 4 is 12.4 Å². The van der Waals surface area contributed by atoms with E-state index < -0.39 is 0 Å². The zero-order valence-corrected chi connectivity index (χ0v) is 14.2. The fourth-order valence-corrected chi connectivity index (χ4v) is 2.39. The number of ether oxygens (including phenoxy) is 1. The van der Waals surface area contributed by atoms with Gasteiger partial charge in [-0.1, -0.05) is 49.7 Å². The Kier molecular flexibility index (Phi) is 8.00. The van der Waals surface area contributed by atoms with Crippen LogP contribution in [0.4, 0.5) is 0 Å². The molecule has 0 spiro atoms. The van der Waals surface area contributed by atoms with E-state index in [4.69, 9.17) is 10.5 Å². The molecule has 0 bridgehead atoms. The summed E-state index contributed by atoms with van der Waals surface area (Å²) in [5.41, 5.74) is 9.69. The molecule has 3 heteroatoms. The van der Waals surface area contributed by atoms with Crippen LogP contribution in [-0.4, -0.2) is 12.6 Å². The van der Waals surface area contributed by atoms with Crippen LogP contribution in [0, 0.1) is 0 Å². The average Bonchev–Trinajstić information content (AvgIpc) is 2.49. The van der Waals surface area contributed by atoms with Crippen molar-refractivity contribution in [1.82, 2.24) is 0 Å². The summed E-state index contributed by atoms with van der Waals surface area (Å²) in [7, 11) is 0. The molecule has 22 heavy (non-hydrogen) atoms. The Bertz CT molecular complexity index is 555. The fourth-order valence-electron chi connectivity index (χ4n) is 2.39. The second kappa shape index (κ2) is 9.50. The molecular weight excluding hydrogens is 294 g/mol. The van der Waals surface area contributed by atoms with E-state index in [1.54, 1.807) is 0 Å². The van der Waals surface area contributed by atoms with Gasteiger partial charge in [0.15, 0.2) is 0 Å². The third kappa shape index (κ3) is 5.36. The largest absolute Gasteiger partial charge is 0.494 e. The van der Waals surface area contributed by atoms with Crippen molar-refractivity contribution in [2.24, 2.45) is 5.73 Å². The van der Waals surface area contributed by atoms with Crippen LogP contribution in [0.15, 0.2) is 48.5 Å². The van der Waals surface area contributed by atoms with E-state index >= 15 is 0 Å². The molecule has 0 saturated heterocycles. The summed E-state index contributed by atoms with van der Waals surface area (Å²) in [6, 6.07) is 16.9. The summed E-state index contributed by atoms with van der Waals surface area (Å²) < 4.78 is 5.84. The molecule has 0 aromatic heterocycles. The molecule has 0 saturated carbocycles. The number of unbranched alkanes of at least 4 members (excludes halogenated alkanes) is 1. The summed E-state index contributed by atoms with van der Waals surface area (Å²) in [5, 5.41) is 0. The van der Waals surface area contributed by atoms with Gasteiger partial charge in [0.1, 0.15) is 5.75 Å². The number of halogens is 1. The van der Waals surface area contributed by atoms with Crippen molar-refractivity contribution < 1.29 is 4.74 Å². The van der Waals surface area contributed by atoms with Crippen molar-refractivity contribution in [2.75, 3.05) is 6.61 Å². The van der Waals surface area contributed by atoms with E-state index in [0.29, 0.717) is 0 Å². The van der Waals surface area contributed by atoms with Gasteiger partial charge < -0.3 is 10.5 Å². The predicted molar refractivity (Wildman–Crippen MR) is 96.9 cm³/mol. The van der Waals surface area contributed by atoms with Gasteiger partial charge in [-0.15, -0.1) is 12.4 Å². The topological polar surface area (TPSA) is 35.2 Å². The molecule has 0 radical (unpaired) electrons. The summed E-state index contributed by atoms with van der Waals surface area (Å²) in [6.07, 6.45) is 3.11. The standard InChI is InChI=1S/C19H25NO.ClH/c1-3-4-12-21-18-11-10-17(13-15(2)20)19(14-18)16-8-6-5-7-9-16;/h5-11,14-15H,3-4,12-13,20H2,1-2H3;1H. The van der Waals surface area contributed by atoms with Crippen molar-refractivity contribution in [3.63, 3.8) is 0 Å². The highest BCUT2D eigenvalue weighted by molar-refractivity contribution is 5.85. The first kappa shape index (κ1) is 18.5. The molecule has 0 aliphatic heterocycles. The third-order valence-electron chi connectivity index (χ3n) is 3.47.